The number of ether oxygens (including phenoxy) is 1. The van der Waals surface area contributed by atoms with Crippen molar-refractivity contribution in [1.82, 2.24) is 14.7 Å². The van der Waals surface area contributed by atoms with Crippen LogP contribution in [-0.4, -0.2) is 52.1 Å². The molecule has 0 aliphatic carbocycles. The van der Waals surface area contributed by atoms with E-state index in [9.17, 15) is 10.0 Å². The average Bonchev–Trinajstić information content (AvgIpc) is 2.99. The van der Waals surface area contributed by atoms with Gasteiger partial charge in [0.2, 0.25) is 5.65 Å². The van der Waals surface area contributed by atoms with E-state index in [0.717, 1.165) is 18.8 Å². The lowest BCUT2D eigenvalue weighted by atomic mass is 10.2. The number of carbonyl (C=O) groups is 1. The molecule has 0 unspecified atom stereocenters. The summed E-state index contributed by atoms with van der Waals surface area (Å²) in [5.41, 5.74) is 1.70. The number of carboxylic acid groups (broad SMARTS) is 1. The van der Waals surface area contributed by atoms with Gasteiger partial charge in [0.05, 0.1) is 19.4 Å². The van der Waals surface area contributed by atoms with E-state index in [2.05, 4.69) is 15.1 Å². The topological polar surface area (TPSA) is 107 Å². The Hall–Kier alpha value is -2.94. The van der Waals surface area contributed by atoms with Gasteiger partial charge in [0.25, 0.3) is 5.52 Å². The Morgan fingerprint density at radius 3 is 2.87 bits per heavy atom. The average molecular weight is 315 g/mol. The number of nitrogens with zero attached hydrogens (tertiary/aromatic N) is 5. The highest BCUT2D eigenvalue weighted by atomic mass is 16.5. The van der Waals surface area contributed by atoms with Gasteiger partial charge in [-0.1, -0.05) is 0 Å². The monoisotopic (exact) mass is 315 g/mol. The van der Waals surface area contributed by atoms with Gasteiger partial charge in [-0.15, -0.1) is 0 Å². The van der Waals surface area contributed by atoms with Crippen LogP contribution in [0.1, 0.15) is 10.4 Å². The lowest BCUT2D eigenvalue weighted by Gasteiger charge is -2.28. The molecule has 4 rings (SSSR count). The second-order valence-corrected chi connectivity index (χ2v) is 5.24. The molecule has 0 bridgehead atoms. The summed E-state index contributed by atoms with van der Waals surface area (Å²) in [6.07, 6.45) is 1.20. The third kappa shape index (κ3) is 2.13. The summed E-state index contributed by atoms with van der Waals surface area (Å²) >= 11 is 0. The van der Waals surface area contributed by atoms with Crippen LogP contribution in [0.4, 0.5) is 5.69 Å². The van der Waals surface area contributed by atoms with Gasteiger partial charge in [-0.25, -0.2) is 9.31 Å². The van der Waals surface area contributed by atoms with E-state index in [-0.39, 0.29) is 11.2 Å². The molecule has 0 atom stereocenters. The number of morpholine rings is 1. The van der Waals surface area contributed by atoms with Gasteiger partial charge in [0.15, 0.2) is 0 Å². The minimum atomic E-state index is -1.17. The first-order valence-corrected chi connectivity index (χ1v) is 7.12. The third-order valence-electron chi connectivity index (χ3n) is 3.93. The SMILES string of the molecule is O=C(O)c1cnn2c1n[n+]([O-])c1ccc(N3CCOCC3)cc12. The van der Waals surface area contributed by atoms with Crippen LogP contribution in [-0.2, 0) is 4.74 Å². The lowest BCUT2D eigenvalue weighted by Crippen LogP contribution is -2.37. The van der Waals surface area contributed by atoms with E-state index >= 15 is 0 Å². The van der Waals surface area contributed by atoms with Gasteiger partial charge in [0.1, 0.15) is 11.1 Å². The molecule has 0 saturated carbocycles. The minimum Gasteiger partial charge on any atom is -0.594 e. The van der Waals surface area contributed by atoms with Crippen molar-refractivity contribution in [2.24, 2.45) is 0 Å². The molecule has 0 radical (unpaired) electrons. The molecule has 3 heterocycles. The number of carboxylic acids is 1. The van der Waals surface area contributed by atoms with Crippen molar-refractivity contribution in [1.29, 1.82) is 0 Å². The summed E-state index contributed by atoms with van der Waals surface area (Å²) < 4.78 is 6.73. The maximum Gasteiger partial charge on any atom is 0.341 e. The Morgan fingerprint density at radius 2 is 2.13 bits per heavy atom. The number of benzene rings is 1. The number of fused-ring (bicyclic) bond motifs is 3. The summed E-state index contributed by atoms with van der Waals surface area (Å²) in [5.74, 6) is -1.17. The van der Waals surface area contributed by atoms with E-state index in [1.807, 2.05) is 12.1 Å². The molecule has 118 valence electrons. The molecule has 2 aromatic heterocycles. The number of hydrogen-bond donors (Lipinski definition) is 1. The van der Waals surface area contributed by atoms with Crippen molar-refractivity contribution in [3.05, 3.63) is 35.2 Å². The summed E-state index contributed by atoms with van der Waals surface area (Å²) in [6.45, 7) is 2.82. The maximum absolute atomic E-state index is 12.1. The highest BCUT2D eigenvalue weighted by molar-refractivity contribution is 5.95. The maximum atomic E-state index is 12.1. The second kappa shape index (κ2) is 5.06. The summed E-state index contributed by atoms with van der Waals surface area (Å²) in [5, 5.41) is 29.1. The van der Waals surface area contributed by atoms with Crippen LogP contribution in [0.3, 0.4) is 0 Å². The molecule has 1 saturated heterocycles. The Labute approximate surface area is 129 Å². The molecule has 1 fully saturated rings. The van der Waals surface area contributed by atoms with Crippen LogP contribution in [0.25, 0.3) is 16.7 Å². The van der Waals surface area contributed by atoms with Gasteiger partial charge < -0.3 is 20.0 Å². The molecule has 1 aromatic carbocycles. The Balaban J connectivity index is 1.94. The molecule has 1 N–H and O–H groups in total. The zero-order valence-corrected chi connectivity index (χ0v) is 12.0. The number of aromatic nitrogens is 4. The number of rotatable bonds is 2. The normalized spacial score (nSPS) is 15.4. The largest absolute Gasteiger partial charge is 0.594 e. The number of anilines is 1. The number of hydrogen-bond acceptors (Lipinski definition) is 6. The van der Waals surface area contributed by atoms with Crippen LogP contribution in [0, 0.1) is 5.21 Å². The van der Waals surface area contributed by atoms with E-state index in [1.54, 1.807) is 6.07 Å². The van der Waals surface area contributed by atoms with E-state index < -0.39 is 5.97 Å². The summed E-state index contributed by atoms with van der Waals surface area (Å²) in [4.78, 5) is 13.8. The first-order chi connectivity index (χ1) is 11.1. The molecule has 9 heteroatoms. The van der Waals surface area contributed by atoms with Crippen molar-refractivity contribution < 1.29 is 19.5 Å². The molecule has 1 aliphatic heterocycles. The highest BCUT2D eigenvalue weighted by Crippen LogP contribution is 2.22. The van der Waals surface area contributed by atoms with Gasteiger partial charge in [-0.05, 0) is 17.0 Å². The van der Waals surface area contributed by atoms with E-state index in [0.29, 0.717) is 29.1 Å². The fourth-order valence-electron chi connectivity index (χ4n) is 2.77. The fraction of sp³-hybridized carbons (Fsp3) is 0.286. The van der Waals surface area contributed by atoms with Crippen LogP contribution in [0.5, 0.6) is 0 Å². The first kappa shape index (κ1) is 13.7. The highest BCUT2D eigenvalue weighted by Gasteiger charge is 2.21. The van der Waals surface area contributed by atoms with Crippen molar-refractivity contribution in [3.63, 3.8) is 0 Å². The van der Waals surface area contributed by atoms with Gasteiger partial charge >= 0.3 is 5.97 Å². The van der Waals surface area contributed by atoms with E-state index in [4.69, 9.17) is 9.84 Å². The Morgan fingerprint density at radius 1 is 1.35 bits per heavy atom. The molecule has 23 heavy (non-hydrogen) atoms. The first-order valence-electron chi connectivity index (χ1n) is 7.12. The minimum absolute atomic E-state index is 0.0270. The molecular weight excluding hydrogens is 302 g/mol. The number of aromatic carboxylic acids is 1. The van der Waals surface area contributed by atoms with Crippen LogP contribution in [0.2, 0.25) is 0 Å². The molecular formula is C14H13N5O4. The third-order valence-corrected chi connectivity index (χ3v) is 3.93. The van der Waals surface area contributed by atoms with Gasteiger partial charge in [0, 0.05) is 29.9 Å². The molecule has 1 aliphatic rings. The van der Waals surface area contributed by atoms with Crippen LogP contribution >= 0.6 is 0 Å². The predicted molar refractivity (Wildman–Crippen MR) is 79.4 cm³/mol. The fourth-order valence-corrected chi connectivity index (χ4v) is 2.77. The zero-order valence-electron chi connectivity index (χ0n) is 12.0. The second-order valence-electron chi connectivity index (χ2n) is 5.24. The van der Waals surface area contributed by atoms with Crippen LogP contribution < -0.4 is 9.75 Å². The molecule has 0 amide bonds. The van der Waals surface area contributed by atoms with Crippen LogP contribution in [0.15, 0.2) is 24.4 Å². The van der Waals surface area contributed by atoms with Crippen molar-refractivity contribution >= 4 is 28.3 Å². The summed E-state index contributed by atoms with van der Waals surface area (Å²) in [6, 6.07) is 5.33. The molecule has 9 nitrogen and oxygen atoms in total. The molecule has 0 spiro atoms. The zero-order chi connectivity index (χ0) is 16.0. The van der Waals surface area contributed by atoms with Crippen molar-refractivity contribution in [3.8, 4) is 0 Å². The quantitative estimate of drug-likeness (QED) is 0.526. The van der Waals surface area contributed by atoms with E-state index in [1.165, 1.54) is 10.7 Å². The van der Waals surface area contributed by atoms with Gasteiger partial charge in [-0.2, -0.15) is 5.10 Å². The Bertz CT molecular complexity index is 916. The Kier molecular flexibility index (Phi) is 3.01. The molecule has 3 aromatic rings. The van der Waals surface area contributed by atoms with Gasteiger partial charge in [-0.3, -0.25) is 0 Å². The smallest absolute Gasteiger partial charge is 0.341 e. The summed E-state index contributed by atoms with van der Waals surface area (Å²) in [7, 11) is 0. The lowest BCUT2D eigenvalue weighted by molar-refractivity contribution is -0.640. The van der Waals surface area contributed by atoms with Crippen molar-refractivity contribution in [2.45, 2.75) is 0 Å². The van der Waals surface area contributed by atoms with Crippen molar-refractivity contribution in [2.75, 3.05) is 31.2 Å². The standard InChI is InChI=1S/C14H13N5O4/c20-14(21)10-8-15-18-12-7-9(17-3-5-23-6-4-17)1-2-11(12)19(22)16-13(10)18/h1-2,7-8H,3-6H2,(H,20,21). The predicted octanol–water partition coefficient (Wildman–Crippen LogP) is 0.0507.